The van der Waals surface area contributed by atoms with Crippen molar-refractivity contribution < 1.29 is 4.74 Å². The fourth-order valence-electron chi connectivity index (χ4n) is 2.55. The Labute approximate surface area is 156 Å². The summed E-state index contributed by atoms with van der Waals surface area (Å²) in [7, 11) is 1.61. The topological polar surface area (TPSA) is 39.9 Å². The van der Waals surface area contributed by atoms with E-state index in [1.165, 1.54) is 0 Å². The molecular formula is C19H15Cl2N3O. The first-order valence-electron chi connectivity index (χ1n) is 7.52. The molecule has 0 fully saturated rings. The summed E-state index contributed by atoms with van der Waals surface area (Å²) in [5.74, 6) is 7.67. The van der Waals surface area contributed by atoms with Gasteiger partial charge in [0.25, 0.3) is 0 Å². The summed E-state index contributed by atoms with van der Waals surface area (Å²) in [6.07, 6.45) is 1.63. The van der Waals surface area contributed by atoms with Crippen molar-refractivity contribution in [1.29, 1.82) is 0 Å². The van der Waals surface area contributed by atoms with Gasteiger partial charge in [-0.3, -0.25) is 4.57 Å². The Balaban J connectivity index is 2.04. The van der Waals surface area contributed by atoms with Crippen molar-refractivity contribution in [3.63, 3.8) is 0 Å². The average molecular weight is 372 g/mol. The Hall–Kier alpha value is -2.48. The van der Waals surface area contributed by atoms with Crippen LogP contribution in [0.25, 0.3) is 5.69 Å². The number of benzene rings is 1. The summed E-state index contributed by atoms with van der Waals surface area (Å²) >= 11 is 12.1. The van der Waals surface area contributed by atoms with Gasteiger partial charge < -0.3 is 4.74 Å². The number of halogens is 2. The zero-order valence-electron chi connectivity index (χ0n) is 14.0. The molecule has 0 saturated heterocycles. The van der Waals surface area contributed by atoms with E-state index in [2.05, 4.69) is 21.8 Å². The van der Waals surface area contributed by atoms with E-state index in [0.717, 1.165) is 22.8 Å². The number of rotatable bonds is 2. The van der Waals surface area contributed by atoms with Gasteiger partial charge in [-0.1, -0.05) is 29.1 Å². The molecule has 25 heavy (non-hydrogen) atoms. The summed E-state index contributed by atoms with van der Waals surface area (Å²) in [5.41, 5.74) is 3.29. The highest BCUT2D eigenvalue weighted by Crippen LogP contribution is 2.26. The monoisotopic (exact) mass is 371 g/mol. The summed E-state index contributed by atoms with van der Waals surface area (Å²) in [6.45, 7) is 3.89. The molecule has 0 unspecified atom stereocenters. The van der Waals surface area contributed by atoms with Crippen molar-refractivity contribution in [2.45, 2.75) is 13.8 Å². The standard InChI is InChI=1S/C19H15Cl2N3O/c1-12-18(5-4-14-6-7-22-19(21)8-14)23-13(2)24(12)16-9-15(20)10-17(11-16)25-3/h6-11H,1-3H3. The highest BCUT2D eigenvalue weighted by Gasteiger charge is 2.12. The molecule has 0 N–H and O–H groups in total. The van der Waals surface area contributed by atoms with E-state index < -0.39 is 0 Å². The number of pyridine rings is 1. The second-order valence-electron chi connectivity index (χ2n) is 5.39. The van der Waals surface area contributed by atoms with Gasteiger partial charge in [0, 0.05) is 22.8 Å². The first kappa shape index (κ1) is 17.3. The third-order valence-corrected chi connectivity index (χ3v) is 4.10. The van der Waals surface area contributed by atoms with Gasteiger partial charge in [0.1, 0.15) is 22.4 Å². The van der Waals surface area contributed by atoms with Crippen molar-refractivity contribution in [2.24, 2.45) is 0 Å². The number of imidazole rings is 1. The lowest BCUT2D eigenvalue weighted by Gasteiger charge is -2.10. The van der Waals surface area contributed by atoms with Gasteiger partial charge in [-0.15, -0.1) is 0 Å². The first-order valence-corrected chi connectivity index (χ1v) is 8.28. The fraction of sp³-hybridized carbons (Fsp3) is 0.158. The van der Waals surface area contributed by atoms with Crippen molar-refractivity contribution in [3.8, 4) is 23.3 Å². The van der Waals surface area contributed by atoms with Gasteiger partial charge in [0.2, 0.25) is 0 Å². The number of hydrogen-bond donors (Lipinski definition) is 0. The van der Waals surface area contributed by atoms with E-state index in [1.807, 2.05) is 30.5 Å². The van der Waals surface area contributed by atoms with E-state index in [1.54, 1.807) is 31.5 Å². The highest BCUT2D eigenvalue weighted by molar-refractivity contribution is 6.31. The van der Waals surface area contributed by atoms with Gasteiger partial charge in [0.15, 0.2) is 0 Å². The molecule has 0 atom stereocenters. The van der Waals surface area contributed by atoms with Crippen LogP contribution in [-0.4, -0.2) is 21.6 Å². The number of methoxy groups -OCH3 is 1. The fourth-order valence-corrected chi connectivity index (χ4v) is 2.94. The van der Waals surface area contributed by atoms with E-state index >= 15 is 0 Å². The molecule has 3 rings (SSSR count). The Kier molecular flexibility index (Phi) is 4.98. The molecule has 0 spiro atoms. The van der Waals surface area contributed by atoms with E-state index in [9.17, 15) is 0 Å². The van der Waals surface area contributed by atoms with Crippen molar-refractivity contribution in [3.05, 3.63) is 69.5 Å². The van der Waals surface area contributed by atoms with E-state index in [0.29, 0.717) is 21.6 Å². The van der Waals surface area contributed by atoms with Crippen molar-refractivity contribution in [2.75, 3.05) is 7.11 Å². The van der Waals surface area contributed by atoms with Crippen LogP contribution in [0.4, 0.5) is 0 Å². The molecule has 0 amide bonds. The molecule has 1 aromatic carbocycles. The normalized spacial score (nSPS) is 10.3. The first-order chi connectivity index (χ1) is 12.0. The lowest BCUT2D eigenvalue weighted by molar-refractivity contribution is 0.414. The number of ether oxygens (including phenoxy) is 1. The second kappa shape index (κ2) is 7.18. The number of hydrogen-bond acceptors (Lipinski definition) is 3. The van der Waals surface area contributed by atoms with Gasteiger partial charge in [0.05, 0.1) is 18.5 Å². The number of nitrogens with zero attached hydrogens (tertiary/aromatic N) is 3. The minimum absolute atomic E-state index is 0.413. The van der Waals surface area contributed by atoms with Gasteiger partial charge in [-0.05, 0) is 44.0 Å². The molecule has 4 nitrogen and oxygen atoms in total. The van der Waals surface area contributed by atoms with Crippen LogP contribution in [0.3, 0.4) is 0 Å². The van der Waals surface area contributed by atoms with Crippen LogP contribution < -0.4 is 4.74 Å². The van der Waals surface area contributed by atoms with Crippen molar-refractivity contribution >= 4 is 23.2 Å². The van der Waals surface area contributed by atoms with Gasteiger partial charge in [-0.2, -0.15) is 0 Å². The smallest absolute Gasteiger partial charge is 0.135 e. The molecular weight excluding hydrogens is 357 g/mol. The molecule has 2 aromatic heterocycles. The largest absolute Gasteiger partial charge is 0.497 e. The molecule has 0 saturated carbocycles. The lowest BCUT2D eigenvalue weighted by atomic mass is 10.2. The van der Waals surface area contributed by atoms with Gasteiger partial charge in [-0.25, -0.2) is 9.97 Å². The Morgan fingerprint density at radius 2 is 1.88 bits per heavy atom. The Bertz CT molecular complexity index is 1000. The van der Waals surface area contributed by atoms with Crippen LogP contribution in [0.5, 0.6) is 5.75 Å². The predicted molar refractivity (Wildman–Crippen MR) is 99.8 cm³/mol. The maximum atomic E-state index is 6.19. The van der Waals surface area contributed by atoms with Crippen LogP contribution in [0, 0.1) is 25.7 Å². The summed E-state index contributed by atoms with van der Waals surface area (Å²) in [5, 5.41) is 1.01. The third-order valence-electron chi connectivity index (χ3n) is 3.68. The molecule has 0 radical (unpaired) electrons. The molecule has 126 valence electrons. The summed E-state index contributed by atoms with van der Waals surface area (Å²) < 4.78 is 7.29. The summed E-state index contributed by atoms with van der Waals surface area (Å²) in [4.78, 5) is 8.51. The Morgan fingerprint density at radius 3 is 2.60 bits per heavy atom. The average Bonchev–Trinajstić information content (AvgIpc) is 2.86. The van der Waals surface area contributed by atoms with E-state index in [-0.39, 0.29) is 0 Å². The van der Waals surface area contributed by atoms with Crippen LogP contribution in [0.1, 0.15) is 22.8 Å². The van der Waals surface area contributed by atoms with Crippen molar-refractivity contribution in [1.82, 2.24) is 14.5 Å². The van der Waals surface area contributed by atoms with E-state index in [4.69, 9.17) is 27.9 Å². The second-order valence-corrected chi connectivity index (χ2v) is 6.22. The minimum atomic E-state index is 0.413. The number of aromatic nitrogens is 3. The van der Waals surface area contributed by atoms with Crippen LogP contribution >= 0.6 is 23.2 Å². The zero-order chi connectivity index (χ0) is 18.0. The quantitative estimate of drug-likeness (QED) is 0.488. The maximum Gasteiger partial charge on any atom is 0.135 e. The maximum absolute atomic E-state index is 6.19. The van der Waals surface area contributed by atoms with Gasteiger partial charge >= 0.3 is 0 Å². The number of aryl methyl sites for hydroxylation is 1. The molecule has 0 aliphatic carbocycles. The van der Waals surface area contributed by atoms with Crippen LogP contribution in [0.2, 0.25) is 10.2 Å². The van der Waals surface area contributed by atoms with Crippen LogP contribution in [0.15, 0.2) is 36.5 Å². The molecule has 3 aromatic rings. The highest BCUT2D eigenvalue weighted by atomic mass is 35.5. The Morgan fingerprint density at radius 1 is 1.08 bits per heavy atom. The third kappa shape index (κ3) is 3.79. The minimum Gasteiger partial charge on any atom is -0.497 e. The molecule has 2 heterocycles. The predicted octanol–water partition coefficient (Wildman–Crippen LogP) is 4.60. The SMILES string of the molecule is COc1cc(Cl)cc(-n2c(C)nc(C#Cc3ccnc(Cl)c3)c2C)c1. The summed E-state index contributed by atoms with van der Waals surface area (Å²) in [6, 6.07) is 9.06. The zero-order valence-corrected chi connectivity index (χ0v) is 15.5. The molecule has 0 bridgehead atoms. The molecule has 0 aliphatic heterocycles. The van der Waals surface area contributed by atoms with Crippen LogP contribution in [-0.2, 0) is 0 Å². The molecule has 0 aliphatic rings. The lowest BCUT2D eigenvalue weighted by Crippen LogP contribution is -2.00. The molecule has 6 heteroatoms.